The van der Waals surface area contributed by atoms with Crippen LogP contribution >= 0.6 is 0 Å². The number of hydrogen-bond donors (Lipinski definition) is 3. The Morgan fingerprint density at radius 3 is 2.83 bits per heavy atom. The Hall–Kier alpha value is -2.70. The van der Waals surface area contributed by atoms with Crippen molar-refractivity contribution in [2.45, 2.75) is 25.9 Å². The highest BCUT2D eigenvalue weighted by Gasteiger charge is 2.29. The number of quaternary nitrogens is 2. The molecule has 0 aliphatic carbocycles. The zero-order valence-corrected chi connectivity index (χ0v) is 16.8. The van der Waals surface area contributed by atoms with Gasteiger partial charge in [-0.15, -0.1) is 0 Å². The third kappa shape index (κ3) is 3.66. The van der Waals surface area contributed by atoms with Crippen molar-refractivity contribution < 1.29 is 14.5 Å². The summed E-state index contributed by atoms with van der Waals surface area (Å²) >= 11 is 0. The molecule has 1 fully saturated rings. The second kappa shape index (κ2) is 7.61. The van der Waals surface area contributed by atoms with Crippen LogP contribution in [-0.2, 0) is 13.0 Å². The minimum absolute atomic E-state index is 0.0401. The number of hydrogen-bond acceptors (Lipinski definition) is 3. The van der Waals surface area contributed by atoms with Crippen LogP contribution in [0.1, 0.15) is 29.9 Å². The van der Waals surface area contributed by atoms with Gasteiger partial charge in [0, 0.05) is 12.0 Å². The number of H-pyrrole nitrogens is 1. The number of aromatic nitrogens is 2. The third-order valence-corrected chi connectivity index (χ3v) is 6.46. The van der Waals surface area contributed by atoms with E-state index in [9.17, 15) is 4.79 Å². The highest BCUT2D eigenvalue weighted by Crippen LogP contribution is 2.25. The largest absolute Gasteiger partial charge is 0.493 e. The molecular weight excluding hydrogens is 364 g/mol. The van der Waals surface area contributed by atoms with E-state index in [1.165, 1.54) is 16.0 Å². The molecule has 29 heavy (non-hydrogen) atoms. The van der Waals surface area contributed by atoms with E-state index in [-0.39, 0.29) is 11.6 Å². The summed E-state index contributed by atoms with van der Waals surface area (Å²) in [5, 5.41) is 0.660. The topological polar surface area (TPSA) is 63.9 Å². The monoisotopic (exact) mass is 392 g/mol. The van der Waals surface area contributed by atoms with E-state index in [1.54, 1.807) is 4.90 Å². The SMILES string of the molecule is C[C@@H](c1nc2ccccc2c(=O)[nH]1)[NH+]1CC[NH+](Cc2ccc3c(c2)CCO3)CC1. The van der Waals surface area contributed by atoms with E-state index in [4.69, 9.17) is 9.72 Å². The summed E-state index contributed by atoms with van der Waals surface area (Å²) in [6, 6.07) is 14.4. The maximum Gasteiger partial charge on any atom is 0.258 e. The van der Waals surface area contributed by atoms with Gasteiger partial charge in [0.2, 0.25) is 0 Å². The molecule has 1 atom stereocenters. The number of aromatic amines is 1. The van der Waals surface area contributed by atoms with Crippen LogP contribution in [0.4, 0.5) is 0 Å². The van der Waals surface area contributed by atoms with Gasteiger partial charge in [-0.05, 0) is 42.8 Å². The lowest BCUT2D eigenvalue weighted by Crippen LogP contribution is -3.27. The van der Waals surface area contributed by atoms with E-state index in [2.05, 4.69) is 30.1 Å². The van der Waals surface area contributed by atoms with Crippen LogP contribution in [0.5, 0.6) is 5.75 Å². The molecule has 6 heteroatoms. The number of nitrogens with one attached hydrogen (secondary N) is 3. The summed E-state index contributed by atoms with van der Waals surface area (Å²) in [5.41, 5.74) is 3.50. The lowest BCUT2D eigenvalue weighted by atomic mass is 10.1. The van der Waals surface area contributed by atoms with Crippen LogP contribution in [-0.4, -0.2) is 42.8 Å². The highest BCUT2D eigenvalue weighted by molar-refractivity contribution is 5.77. The molecule has 0 amide bonds. The zero-order valence-electron chi connectivity index (χ0n) is 16.8. The smallest absolute Gasteiger partial charge is 0.258 e. The molecule has 3 N–H and O–H groups in total. The number of nitrogens with zero attached hydrogens (tertiary/aromatic N) is 1. The molecule has 2 aliphatic heterocycles. The summed E-state index contributed by atoms with van der Waals surface area (Å²) in [4.78, 5) is 23.3. The van der Waals surface area contributed by atoms with Crippen molar-refractivity contribution >= 4 is 10.9 Å². The molecule has 2 aromatic carbocycles. The lowest BCUT2D eigenvalue weighted by molar-refractivity contribution is -1.03. The van der Waals surface area contributed by atoms with E-state index in [0.29, 0.717) is 5.39 Å². The van der Waals surface area contributed by atoms with Crippen LogP contribution in [0.3, 0.4) is 0 Å². The quantitative estimate of drug-likeness (QED) is 0.581. The van der Waals surface area contributed by atoms with Gasteiger partial charge in [-0.2, -0.15) is 0 Å². The first-order chi connectivity index (χ1) is 14.2. The van der Waals surface area contributed by atoms with E-state index in [0.717, 1.165) is 62.8 Å². The highest BCUT2D eigenvalue weighted by atomic mass is 16.5. The van der Waals surface area contributed by atoms with Gasteiger partial charge in [-0.1, -0.05) is 12.1 Å². The second-order valence-electron chi connectivity index (χ2n) is 8.32. The van der Waals surface area contributed by atoms with Gasteiger partial charge in [0.25, 0.3) is 5.56 Å². The molecule has 0 spiro atoms. The first kappa shape index (κ1) is 18.3. The average molecular weight is 393 g/mol. The molecule has 1 saturated heterocycles. The second-order valence-corrected chi connectivity index (χ2v) is 8.32. The van der Waals surface area contributed by atoms with Gasteiger partial charge in [0.15, 0.2) is 5.82 Å². The molecule has 0 saturated carbocycles. The van der Waals surface area contributed by atoms with Gasteiger partial charge in [0.05, 0.1) is 17.5 Å². The molecule has 0 unspecified atom stereocenters. The molecule has 150 valence electrons. The maximum absolute atomic E-state index is 12.4. The molecule has 0 radical (unpaired) electrons. The molecule has 2 aliphatic rings. The number of piperazine rings is 1. The minimum Gasteiger partial charge on any atom is -0.493 e. The number of rotatable bonds is 4. The first-order valence-corrected chi connectivity index (χ1v) is 10.6. The van der Waals surface area contributed by atoms with Crippen molar-refractivity contribution in [3.63, 3.8) is 0 Å². The number of fused-ring (bicyclic) bond motifs is 2. The Labute approximate surface area is 170 Å². The summed E-state index contributed by atoms with van der Waals surface area (Å²) in [6.07, 6.45) is 1.03. The van der Waals surface area contributed by atoms with Crippen molar-refractivity contribution in [2.24, 2.45) is 0 Å². The number of benzene rings is 2. The van der Waals surface area contributed by atoms with Crippen molar-refractivity contribution in [1.82, 2.24) is 9.97 Å². The Kier molecular flexibility index (Phi) is 4.81. The Balaban J connectivity index is 1.24. The van der Waals surface area contributed by atoms with Crippen LogP contribution in [0.2, 0.25) is 0 Å². The van der Waals surface area contributed by atoms with Gasteiger partial charge >= 0.3 is 0 Å². The fourth-order valence-electron chi connectivity index (χ4n) is 4.68. The summed E-state index contributed by atoms with van der Waals surface area (Å²) in [6.45, 7) is 8.49. The maximum atomic E-state index is 12.4. The van der Waals surface area contributed by atoms with E-state index in [1.807, 2.05) is 24.3 Å². The van der Waals surface area contributed by atoms with Gasteiger partial charge in [0.1, 0.15) is 44.5 Å². The van der Waals surface area contributed by atoms with Crippen molar-refractivity contribution in [3.8, 4) is 5.75 Å². The Morgan fingerprint density at radius 1 is 1.14 bits per heavy atom. The first-order valence-electron chi connectivity index (χ1n) is 10.6. The standard InChI is InChI=1S/C23H26N4O2/c1-16(22-24-20-5-3-2-4-19(20)23(28)25-22)27-11-9-26(10-12-27)15-17-6-7-21-18(14-17)8-13-29-21/h2-7,14,16H,8-13,15H2,1H3,(H,24,25,28)/p+2/t16-/m0/s1. The molecule has 5 rings (SSSR count). The van der Waals surface area contributed by atoms with Crippen molar-refractivity contribution in [2.75, 3.05) is 32.8 Å². The third-order valence-electron chi connectivity index (χ3n) is 6.46. The van der Waals surface area contributed by atoms with Crippen LogP contribution < -0.4 is 20.1 Å². The molecule has 3 heterocycles. The van der Waals surface area contributed by atoms with Gasteiger partial charge < -0.3 is 19.5 Å². The summed E-state index contributed by atoms with van der Waals surface area (Å²) in [5.74, 6) is 1.86. The summed E-state index contributed by atoms with van der Waals surface area (Å²) < 4.78 is 5.62. The minimum atomic E-state index is -0.0401. The van der Waals surface area contributed by atoms with Crippen LogP contribution in [0.25, 0.3) is 10.9 Å². The fraction of sp³-hybridized carbons (Fsp3) is 0.391. The number of para-hydroxylation sites is 1. The molecular formula is C23H28N4O2+2. The molecule has 6 nitrogen and oxygen atoms in total. The van der Waals surface area contributed by atoms with Crippen molar-refractivity contribution in [1.29, 1.82) is 0 Å². The number of ether oxygens (including phenoxy) is 1. The van der Waals surface area contributed by atoms with E-state index >= 15 is 0 Å². The average Bonchev–Trinajstić information content (AvgIpc) is 3.22. The predicted molar refractivity (Wildman–Crippen MR) is 112 cm³/mol. The van der Waals surface area contributed by atoms with Crippen molar-refractivity contribution in [3.05, 3.63) is 69.8 Å². The predicted octanol–water partition coefficient (Wildman–Crippen LogP) is -0.0974. The molecule has 3 aromatic rings. The Morgan fingerprint density at radius 2 is 1.97 bits per heavy atom. The van der Waals surface area contributed by atoms with Gasteiger partial charge in [-0.25, -0.2) is 4.98 Å². The van der Waals surface area contributed by atoms with Gasteiger partial charge in [-0.3, -0.25) is 4.79 Å². The molecule has 1 aromatic heterocycles. The summed E-state index contributed by atoms with van der Waals surface area (Å²) in [7, 11) is 0. The Bertz CT molecular complexity index is 1090. The van der Waals surface area contributed by atoms with Crippen LogP contribution in [0.15, 0.2) is 47.3 Å². The van der Waals surface area contributed by atoms with E-state index < -0.39 is 0 Å². The fourth-order valence-corrected chi connectivity index (χ4v) is 4.68. The van der Waals surface area contributed by atoms with Crippen LogP contribution in [0, 0.1) is 0 Å². The lowest BCUT2D eigenvalue weighted by Gasteiger charge is -2.32. The zero-order chi connectivity index (χ0) is 19.8. The normalized spacial score (nSPS) is 22.2. The molecule has 0 bridgehead atoms.